The summed E-state index contributed by atoms with van der Waals surface area (Å²) in [4.78, 5) is 4.03. The summed E-state index contributed by atoms with van der Waals surface area (Å²) in [6.45, 7) is 2.83. The minimum absolute atomic E-state index is 0.0219. The van der Waals surface area contributed by atoms with Crippen molar-refractivity contribution in [3.63, 3.8) is 0 Å². The summed E-state index contributed by atoms with van der Waals surface area (Å²) < 4.78 is 24.6. The van der Waals surface area contributed by atoms with Crippen LogP contribution in [0.25, 0.3) is 0 Å². The summed E-state index contributed by atoms with van der Waals surface area (Å²) >= 11 is 0. The molecule has 16 heavy (non-hydrogen) atoms. The van der Waals surface area contributed by atoms with E-state index < -0.39 is 10.8 Å². The Morgan fingerprint density at radius 3 is 3.06 bits per heavy atom. The summed E-state index contributed by atoms with van der Waals surface area (Å²) in [5.41, 5.74) is 0.767. The zero-order valence-electron chi connectivity index (χ0n) is 9.15. The maximum absolute atomic E-state index is 12.7. The van der Waals surface area contributed by atoms with Gasteiger partial charge in [-0.15, -0.1) is 0 Å². The molecule has 0 radical (unpaired) electrons. The van der Waals surface area contributed by atoms with Crippen LogP contribution in [0.1, 0.15) is 25.1 Å². The van der Waals surface area contributed by atoms with Crippen LogP contribution >= 0.6 is 0 Å². The Kier molecular flexibility index (Phi) is 3.66. The average molecular weight is 242 g/mol. The van der Waals surface area contributed by atoms with Gasteiger partial charge in [0.1, 0.15) is 5.82 Å². The topological polar surface area (TPSA) is 42.0 Å². The van der Waals surface area contributed by atoms with Crippen molar-refractivity contribution in [1.29, 1.82) is 0 Å². The van der Waals surface area contributed by atoms with Gasteiger partial charge in [0.05, 0.1) is 17.9 Å². The Labute approximate surface area is 96.9 Å². The first-order chi connectivity index (χ1) is 7.66. The van der Waals surface area contributed by atoms with Gasteiger partial charge in [-0.25, -0.2) is 4.39 Å². The maximum Gasteiger partial charge on any atom is 0.141 e. The van der Waals surface area contributed by atoms with E-state index in [0.29, 0.717) is 5.75 Å². The van der Waals surface area contributed by atoms with Gasteiger partial charge in [-0.2, -0.15) is 0 Å². The van der Waals surface area contributed by atoms with Crippen molar-refractivity contribution in [2.75, 3.05) is 12.3 Å². The van der Waals surface area contributed by atoms with Crippen LogP contribution in [0.4, 0.5) is 4.39 Å². The quantitative estimate of drug-likeness (QED) is 0.809. The lowest BCUT2D eigenvalue weighted by Crippen LogP contribution is -2.24. The predicted octanol–water partition coefficient (Wildman–Crippen LogP) is 1.39. The maximum atomic E-state index is 12.7. The summed E-state index contributed by atoms with van der Waals surface area (Å²) in [7, 11) is -0.834. The van der Waals surface area contributed by atoms with Gasteiger partial charge in [0.25, 0.3) is 0 Å². The molecule has 0 aromatic carbocycles. The van der Waals surface area contributed by atoms with E-state index in [1.807, 2.05) is 6.92 Å². The van der Waals surface area contributed by atoms with E-state index in [9.17, 15) is 8.60 Å². The predicted molar refractivity (Wildman–Crippen MR) is 62.0 cm³/mol. The lowest BCUT2D eigenvalue weighted by atomic mass is 10.2. The minimum Gasteiger partial charge on any atom is -0.308 e. The van der Waals surface area contributed by atoms with Gasteiger partial charge >= 0.3 is 0 Å². The first kappa shape index (κ1) is 11.7. The second kappa shape index (κ2) is 5.01. The first-order valence-corrected chi connectivity index (χ1v) is 6.77. The SMILES string of the molecule is CC1CCNC(c2ccc(F)cn2)CS1=O. The first-order valence-electron chi connectivity index (χ1n) is 5.39. The zero-order valence-corrected chi connectivity index (χ0v) is 9.97. The Morgan fingerprint density at radius 2 is 2.38 bits per heavy atom. The molecule has 88 valence electrons. The van der Waals surface area contributed by atoms with Gasteiger partial charge in [-0.05, 0) is 25.1 Å². The normalized spacial score (nSPS) is 31.0. The monoisotopic (exact) mass is 242 g/mol. The number of hydrogen-bond donors (Lipinski definition) is 1. The number of rotatable bonds is 1. The molecular weight excluding hydrogens is 227 g/mol. The Balaban J connectivity index is 2.14. The Bertz CT molecular complexity index is 382. The molecule has 0 amide bonds. The van der Waals surface area contributed by atoms with Gasteiger partial charge < -0.3 is 5.32 Å². The standard InChI is InChI=1S/C11H15FN2OS/c1-8-4-5-13-11(7-16(8)15)10-3-2-9(12)6-14-10/h2-3,6,8,11,13H,4-5,7H2,1H3. The van der Waals surface area contributed by atoms with Crippen molar-refractivity contribution in [2.24, 2.45) is 0 Å². The number of pyridine rings is 1. The minimum atomic E-state index is -0.834. The summed E-state index contributed by atoms with van der Waals surface area (Å²) in [5.74, 6) is 0.214. The van der Waals surface area contributed by atoms with E-state index in [1.54, 1.807) is 6.07 Å². The van der Waals surface area contributed by atoms with E-state index in [0.717, 1.165) is 18.7 Å². The molecule has 1 fully saturated rings. The molecule has 1 N–H and O–H groups in total. The van der Waals surface area contributed by atoms with E-state index in [4.69, 9.17) is 0 Å². The molecule has 5 heteroatoms. The summed E-state index contributed by atoms with van der Waals surface area (Å²) in [6.07, 6.45) is 2.11. The van der Waals surface area contributed by atoms with Crippen LogP contribution in [-0.4, -0.2) is 26.7 Å². The highest BCUT2D eigenvalue weighted by Gasteiger charge is 2.23. The van der Waals surface area contributed by atoms with Crippen LogP contribution in [0.15, 0.2) is 18.3 Å². The average Bonchev–Trinajstić information content (AvgIpc) is 2.43. The third-order valence-electron chi connectivity index (χ3n) is 2.83. The third-order valence-corrected chi connectivity index (χ3v) is 4.62. The third kappa shape index (κ3) is 2.65. The summed E-state index contributed by atoms with van der Waals surface area (Å²) in [6, 6.07) is 3.02. The molecule has 2 rings (SSSR count). The van der Waals surface area contributed by atoms with Gasteiger partial charge in [0.2, 0.25) is 0 Å². The van der Waals surface area contributed by atoms with E-state index in [-0.39, 0.29) is 17.1 Å². The highest BCUT2D eigenvalue weighted by molar-refractivity contribution is 7.85. The molecule has 3 atom stereocenters. The molecule has 1 aliphatic rings. The van der Waals surface area contributed by atoms with Crippen LogP contribution in [-0.2, 0) is 10.8 Å². The molecule has 3 nitrogen and oxygen atoms in total. The smallest absolute Gasteiger partial charge is 0.141 e. The van der Waals surface area contributed by atoms with Crippen molar-refractivity contribution in [3.05, 3.63) is 29.8 Å². The fourth-order valence-electron chi connectivity index (χ4n) is 1.76. The van der Waals surface area contributed by atoms with Gasteiger partial charge in [0, 0.05) is 21.8 Å². The van der Waals surface area contributed by atoms with Gasteiger partial charge in [0.15, 0.2) is 0 Å². The molecule has 0 spiro atoms. The molecule has 1 aromatic heterocycles. The van der Waals surface area contributed by atoms with Crippen molar-refractivity contribution in [2.45, 2.75) is 24.6 Å². The largest absolute Gasteiger partial charge is 0.308 e. The van der Waals surface area contributed by atoms with Crippen LogP contribution in [0.5, 0.6) is 0 Å². The van der Waals surface area contributed by atoms with E-state index in [2.05, 4.69) is 10.3 Å². The van der Waals surface area contributed by atoms with Crippen molar-refractivity contribution < 1.29 is 8.60 Å². The van der Waals surface area contributed by atoms with Gasteiger partial charge in [-0.3, -0.25) is 9.19 Å². The molecule has 0 aliphatic carbocycles. The van der Waals surface area contributed by atoms with E-state index in [1.165, 1.54) is 12.3 Å². The van der Waals surface area contributed by atoms with Crippen molar-refractivity contribution >= 4 is 10.8 Å². The van der Waals surface area contributed by atoms with Crippen LogP contribution in [0, 0.1) is 5.82 Å². The lowest BCUT2D eigenvalue weighted by molar-refractivity contribution is 0.560. The molecule has 0 saturated carbocycles. The molecular formula is C11H15FN2OS. The molecule has 0 bridgehead atoms. The Hall–Kier alpha value is -0.810. The fraction of sp³-hybridized carbons (Fsp3) is 0.545. The second-order valence-electron chi connectivity index (χ2n) is 4.05. The number of aromatic nitrogens is 1. The second-order valence-corrected chi connectivity index (χ2v) is 5.95. The molecule has 1 aliphatic heterocycles. The van der Waals surface area contributed by atoms with Crippen molar-refractivity contribution in [1.82, 2.24) is 10.3 Å². The lowest BCUT2D eigenvalue weighted by Gasteiger charge is -2.14. The van der Waals surface area contributed by atoms with Crippen LogP contribution in [0.2, 0.25) is 0 Å². The van der Waals surface area contributed by atoms with Gasteiger partial charge in [-0.1, -0.05) is 6.92 Å². The molecule has 1 saturated heterocycles. The number of nitrogens with zero attached hydrogens (tertiary/aromatic N) is 1. The highest BCUT2D eigenvalue weighted by atomic mass is 32.2. The van der Waals surface area contributed by atoms with Crippen LogP contribution < -0.4 is 5.32 Å². The summed E-state index contributed by atoms with van der Waals surface area (Å²) in [5, 5.41) is 3.52. The van der Waals surface area contributed by atoms with Crippen molar-refractivity contribution in [3.8, 4) is 0 Å². The fourth-order valence-corrected chi connectivity index (χ4v) is 3.09. The molecule has 2 heterocycles. The highest BCUT2D eigenvalue weighted by Crippen LogP contribution is 2.17. The number of halogens is 1. The zero-order chi connectivity index (χ0) is 11.5. The van der Waals surface area contributed by atoms with E-state index >= 15 is 0 Å². The molecule has 1 aromatic rings. The Morgan fingerprint density at radius 1 is 1.56 bits per heavy atom. The number of hydrogen-bond acceptors (Lipinski definition) is 3. The molecule has 3 unspecified atom stereocenters. The number of nitrogens with one attached hydrogen (secondary N) is 1. The van der Waals surface area contributed by atoms with Crippen LogP contribution in [0.3, 0.4) is 0 Å².